The van der Waals surface area contributed by atoms with Crippen LogP contribution in [0.5, 0.6) is 0 Å². The Bertz CT molecular complexity index is 1090. The Morgan fingerprint density at radius 1 is 1.20 bits per heavy atom. The molecule has 7 nitrogen and oxygen atoms in total. The average Bonchev–Trinajstić information content (AvgIpc) is 2.77. The number of ether oxygens (including phenoxy) is 1. The van der Waals surface area contributed by atoms with Crippen molar-refractivity contribution in [1.82, 2.24) is 20.3 Å². The van der Waals surface area contributed by atoms with Gasteiger partial charge in [-0.1, -0.05) is 44.2 Å². The lowest BCUT2D eigenvalue weighted by molar-refractivity contribution is -0.135. The second-order valence-corrected chi connectivity index (χ2v) is 7.66. The van der Waals surface area contributed by atoms with E-state index in [9.17, 15) is 9.59 Å². The number of nitrogens with one attached hydrogen (secondary N) is 2. The van der Waals surface area contributed by atoms with Crippen molar-refractivity contribution in [3.05, 3.63) is 81.9 Å². The first-order valence-electron chi connectivity index (χ1n) is 10.1. The molecule has 0 saturated carbocycles. The Kier molecular flexibility index (Phi) is 5.72. The molecule has 1 aliphatic rings. The van der Waals surface area contributed by atoms with Gasteiger partial charge in [0, 0.05) is 12.3 Å². The van der Waals surface area contributed by atoms with Gasteiger partial charge in [-0.2, -0.15) is 0 Å². The van der Waals surface area contributed by atoms with Gasteiger partial charge in [-0.25, -0.2) is 4.98 Å². The fraction of sp³-hybridized carbons (Fsp3) is 0.304. The number of rotatable bonds is 5. The van der Waals surface area contributed by atoms with Crippen LogP contribution in [0.15, 0.2) is 59.5 Å². The van der Waals surface area contributed by atoms with E-state index < -0.39 is 12.1 Å². The van der Waals surface area contributed by atoms with E-state index in [2.05, 4.69) is 20.3 Å². The van der Waals surface area contributed by atoms with E-state index in [1.807, 2.05) is 44.2 Å². The zero-order valence-corrected chi connectivity index (χ0v) is 17.0. The normalized spacial score (nSPS) is 16.7. The highest BCUT2D eigenvalue weighted by Crippen LogP contribution is 2.29. The summed E-state index contributed by atoms with van der Waals surface area (Å²) in [6.45, 7) is 4.45. The summed E-state index contributed by atoms with van der Waals surface area (Å²) >= 11 is 0. The molecule has 7 heteroatoms. The first-order valence-corrected chi connectivity index (χ1v) is 10.1. The maximum Gasteiger partial charge on any atom is 0.254 e. The van der Waals surface area contributed by atoms with E-state index >= 15 is 0 Å². The third-order valence-corrected chi connectivity index (χ3v) is 5.18. The van der Waals surface area contributed by atoms with E-state index in [1.54, 1.807) is 18.3 Å². The quantitative estimate of drug-likeness (QED) is 0.681. The number of aromatic nitrogens is 3. The summed E-state index contributed by atoms with van der Waals surface area (Å²) < 4.78 is 5.79. The lowest BCUT2D eigenvalue weighted by Gasteiger charge is -2.28. The number of amides is 1. The van der Waals surface area contributed by atoms with Crippen molar-refractivity contribution >= 4 is 5.91 Å². The molecule has 0 saturated heterocycles. The third-order valence-electron chi connectivity index (χ3n) is 5.18. The number of pyridine rings is 1. The highest BCUT2D eigenvalue weighted by molar-refractivity contribution is 5.83. The van der Waals surface area contributed by atoms with Crippen molar-refractivity contribution in [2.75, 3.05) is 6.61 Å². The Hall–Kier alpha value is -3.32. The number of aromatic amines is 1. The van der Waals surface area contributed by atoms with Gasteiger partial charge in [0.05, 0.1) is 18.3 Å². The number of carbonyl (C=O) groups is 1. The number of H-pyrrole nitrogens is 1. The number of hydrogen-bond acceptors (Lipinski definition) is 5. The number of nitrogens with zero attached hydrogens (tertiary/aromatic N) is 2. The van der Waals surface area contributed by atoms with Gasteiger partial charge in [-0.3, -0.25) is 14.6 Å². The highest BCUT2D eigenvalue weighted by Gasteiger charge is 2.30. The number of fused-ring (bicyclic) bond motifs is 1. The van der Waals surface area contributed by atoms with Crippen LogP contribution in [0.25, 0.3) is 11.5 Å². The molecular weight excluding hydrogens is 380 g/mol. The lowest BCUT2D eigenvalue weighted by Crippen LogP contribution is -2.38. The van der Waals surface area contributed by atoms with Crippen LogP contribution >= 0.6 is 0 Å². The molecule has 2 N–H and O–H groups in total. The zero-order valence-electron chi connectivity index (χ0n) is 17.0. The topological polar surface area (TPSA) is 97.0 Å². The van der Waals surface area contributed by atoms with Crippen LogP contribution in [-0.2, 0) is 16.0 Å². The molecule has 1 aliphatic heterocycles. The standard InChI is InChI=1S/C23H24N4O3/c1-14(2)20(18-13-19(28)26-22(25-18)17-9-5-6-11-24-17)27-23(29)21-16-8-4-3-7-15(16)10-12-30-21/h3-9,11,13-14,20-21H,10,12H2,1-2H3,(H,27,29)(H,25,26,28)/t20-,21+/m1/s1. The second-order valence-electron chi connectivity index (χ2n) is 7.66. The minimum Gasteiger partial charge on any atom is -0.363 e. The molecule has 154 valence electrons. The van der Waals surface area contributed by atoms with E-state index in [-0.39, 0.29) is 17.4 Å². The molecule has 4 rings (SSSR count). The highest BCUT2D eigenvalue weighted by atomic mass is 16.5. The van der Waals surface area contributed by atoms with Crippen molar-refractivity contribution in [3.8, 4) is 11.5 Å². The van der Waals surface area contributed by atoms with Crippen molar-refractivity contribution in [3.63, 3.8) is 0 Å². The van der Waals surface area contributed by atoms with Crippen LogP contribution in [0.3, 0.4) is 0 Å². The van der Waals surface area contributed by atoms with Gasteiger partial charge in [0.1, 0.15) is 5.69 Å². The van der Waals surface area contributed by atoms with Gasteiger partial charge in [0.25, 0.3) is 11.5 Å². The largest absolute Gasteiger partial charge is 0.363 e. The first kappa shape index (κ1) is 20.0. The van der Waals surface area contributed by atoms with Gasteiger partial charge < -0.3 is 15.0 Å². The molecule has 0 bridgehead atoms. The average molecular weight is 404 g/mol. The van der Waals surface area contributed by atoms with E-state index in [1.165, 1.54) is 6.07 Å². The molecule has 0 radical (unpaired) electrons. The van der Waals surface area contributed by atoms with Gasteiger partial charge in [-0.05, 0) is 35.6 Å². The van der Waals surface area contributed by atoms with Crippen LogP contribution in [0.2, 0.25) is 0 Å². The smallest absolute Gasteiger partial charge is 0.254 e. The van der Waals surface area contributed by atoms with Crippen molar-refractivity contribution in [2.24, 2.45) is 5.92 Å². The monoisotopic (exact) mass is 404 g/mol. The Labute approximate surface area is 174 Å². The van der Waals surface area contributed by atoms with Crippen LogP contribution in [0.1, 0.15) is 42.8 Å². The summed E-state index contributed by atoms with van der Waals surface area (Å²) in [5.41, 5.74) is 2.77. The van der Waals surface area contributed by atoms with E-state index in [0.717, 1.165) is 17.5 Å². The molecular formula is C23H24N4O3. The fourth-order valence-corrected chi connectivity index (χ4v) is 3.68. The molecule has 3 aromatic rings. The summed E-state index contributed by atoms with van der Waals surface area (Å²) in [5.74, 6) is 0.151. The molecule has 1 aromatic carbocycles. The van der Waals surface area contributed by atoms with Gasteiger partial charge >= 0.3 is 0 Å². The maximum absolute atomic E-state index is 13.1. The summed E-state index contributed by atoms with van der Waals surface area (Å²) in [5, 5.41) is 3.05. The van der Waals surface area contributed by atoms with Crippen LogP contribution < -0.4 is 10.9 Å². The summed E-state index contributed by atoms with van der Waals surface area (Å²) in [6, 6.07) is 14.2. The summed E-state index contributed by atoms with van der Waals surface area (Å²) in [6.07, 6.45) is 1.76. The molecule has 0 unspecified atom stereocenters. The summed E-state index contributed by atoms with van der Waals surface area (Å²) in [7, 11) is 0. The maximum atomic E-state index is 13.1. The van der Waals surface area contributed by atoms with E-state index in [0.29, 0.717) is 23.8 Å². The molecule has 0 aliphatic carbocycles. The first-order chi connectivity index (χ1) is 14.5. The Morgan fingerprint density at radius 3 is 2.77 bits per heavy atom. The predicted octanol–water partition coefficient (Wildman–Crippen LogP) is 2.96. The Balaban J connectivity index is 1.64. The SMILES string of the molecule is CC(C)[C@@H](NC(=O)[C@H]1OCCc2ccccc21)c1cc(=O)[nH]c(-c2ccccn2)n1. The molecule has 0 spiro atoms. The van der Waals surface area contributed by atoms with Crippen LogP contribution in [0.4, 0.5) is 0 Å². The van der Waals surface area contributed by atoms with Crippen LogP contribution in [0, 0.1) is 5.92 Å². The third kappa shape index (κ3) is 4.16. The molecule has 3 heterocycles. The van der Waals surface area contributed by atoms with Crippen molar-refractivity contribution in [2.45, 2.75) is 32.4 Å². The van der Waals surface area contributed by atoms with Gasteiger partial charge in [0.2, 0.25) is 0 Å². The Morgan fingerprint density at radius 2 is 2.00 bits per heavy atom. The molecule has 0 fully saturated rings. The lowest BCUT2D eigenvalue weighted by atomic mass is 9.95. The molecule has 1 amide bonds. The summed E-state index contributed by atoms with van der Waals surface area (Å²) in [4.78, 5) is 37.0. The number of hydrogen-bond donors (Lipinski definition) is 2. The minimum absolute atomic E-state index is 0.0127. The second kappa shape index (κ2) is 8.59. The number of benzene rings is 1. The number of carbonyl (C=O) groups excluding carboxylic acids is 1. The predicted molar refractivity (Wildman–Crippen MR) is 113 cm³/mol. The minimum atomic E-state index is -0.673. The molecule has 30 heavy (non-hydrogen) atoms. The zero-order chi connectivity index (χ0) is 21.1. The molecule has 2 aromatic heterocycles. The van der Waals surface area contributed by atoms with E-state index in [4.69, 9.17) is 4.74 Å². The van der Waals surface area contributed by atoms with Gasteiger partial charge in [0.15, 0.2) is 11.9 Å². The van der Waals surface area contributed by atoms with Crippen molar-refractivity contribution < 1.29 is 9.53 Å². The molecule has 2 atom stereocenters. The fourth-order valence-electron chi connectivity index (χ4n) is 3.68. The van der Waals surface area contributed by atoms with Crippen LogP contribution in [-0.4, -0.2) is 27.5 Å². The van der Waals surface area contributed by atoms with Crippen molar-refractivity contribution in [1.29, 1.82) is 0 Å². The van der Waals surface area contributed by atoms with Gasteiger partial charge in [-0.15, -0.1) is 0 Å².